The Bertz CT molecular complexity index is 282. The van der Waals surface area contributed by atoms with Gasteiger partial charge in [-0.15, -0.1) is 0 Å². The van der Waals surface area contributed by atoms with Crippen LogP contribution in [0.4, 0.5) is 0 Å². The second kappa shape index (κ2) is 7.22. The molecule has 0 radical (unpaired) electrons. The van der Waals surface area contributed by atoms with Gasteiger partial charge in [-0.05, 0) is 32.2 Å². The average Bonchev–Trinajstić information content (AvgIpc) is 2.48. The Morgan fingerprint density at radius 2 is 1.63 bits per heavy atom. The van der Waals surface area contributed by atoms with Gasteiger partial charge in [-0.3, -0.25) is 4.79 Å². The zero-order valence-electron chi connectivity index (χ0n) is 11.9. The number of aliphatic hydroxyl groups is 1. The first-order valence-electron chi connectivity index (χ1n) is 7.49. The third-order valence-electron chi connectivity index (χ3n) is 4.30. The van der Waals surface area contributed by atoms with Crippen LogP contribution in [-0.2, 0) is 9.53 Å². The van der Waals surface area contributed by atoms with Gasteiger partial charge in [0.05, 0.1) is 12.2 Å². The van der Waals surface area contributed by atoms with Crippen molar-refractivity contribution in [2.75, 3.05) is 39.3 Å². The first kappa shape index (κ1) is 14.8. The lowest BCUT2D eigenvalue weighted by molar-refractivity contribution is -0.138. The normalized spacial score (nSPS) is 23.8. The lowest BCUT2D eigenvalue weighted by Gasteiger charge is -2.36. The molecule has 0 spiro atoms. The summed E-state index contributed by atoms with van der Waals surface area (Å²) in [6.45, 7) is 6.69. The van der Waals surface area contributed by atoms with E-state index in [4.69, 9.17) is 9.84 Å². The van der Waals surface area contributed by atoms with Gasteiger partial charge < -0.3 is 19.6 Å². The van der Waals surface area contributed by atoms with Gasteiger partial charge in [-0.25, -0.2) is 0 Å². The minimum atomic E-state index is -0.374. The molecule has 2 saturated heterocycles. The summed E-state index contributed by atoms with van der Waals surface area (Å²) >= 11 is 0. The second-order valence-electron chi connectivity index (χ2n) is 5.51. The molecule has 1 N–H and O–H groups in total. The number of carbonyl (C=O) groups is 1. The van der Waals surface area contributed by atoms with Crippen LogP contribution >= 0.6 is 0 Å². The SMILES string of the molecule is CCN1CCC(OC2CCN(C(=O)CO)CC2)CC1. The van der Waals surface area contributed by atoms with Crippen molar-refractivity contribution in [2.45, 2.75) is 44.8 Å². The molecule has 2 aliphatic heterocycles. The summed E-state index contributed by atoms with van der Waals surface area (Å²) in [6, 6.07) is 0. The van der Waals surface area contributed by atoms with Crippen LogP contribution in [0, 0.1) is 0 Å². The fourth-order valence-electron chi connectivity index (χ4n) is 2.98. The van der Waals surface area contributed by atoms with Crippen LogP contribution in [0.1, 0.15) is 32.6 Å². The van der Waals surface area contributed by atoms with E-state index in [-0.39, 0.29) is 12.5 Å². The number of rotatable bonds is 4. The van der Waals surface area contributed by atoms with E-state index in [1.807, 2.05) is 0 Å². The molecule has 2 rings (SSSR count). The Morgan fingerprint density at radius 1 is 1.11 bits per heavy atom. The van der Waals surface area contributed by atoms with Crippen LogP contribution in [0.5, 0.6) is 0 Å². The molecule has 2 heterocycles. The van der Waals surface area contributed by atoms with Crippen molar-refractivity contribution >= 4 is 5.91 Å². The number of likely N-dealkylation sites (tertiary alicyclic amines) is 2. The summed E-state index contributed by atoms with van der Waals surface area (Å²) in [5, 5.41) is 8.84. The van der Waals surface area contributed by atoms with Crippen molar-refractivity contribution in [3.8, 4) is 0 Å². The topological polar surface area (TPSA) is 53.0 Å². The van der Waals surface area contributed by atoms with Crippen LogP contribution in [0.25, 0.3) is 0 Å². The van der Waals surface area contributed by atoms with Crippen LogP contribution in [0.2, 0.25) is 0 Å². The molecule has 110 valence electrons. The number of ether oxygens (including phenoxy) is 1. The predicted molar refractivity (Wildman–Crippen MR) is 72.9 cm³/mol. The summed E-state index contributed by atoms with van der Waals surface area (Å²) < 4.78 is 6.16. The van der Waals surface area contributed by atoms with E-state index in [1.54, 1.807) is 4.90 Å². The van der Waals surface area contributed by atoms with E-state index in [1.165, 1.54) is 0 Å². The molecule has 0 aromatic rings. The molecule has 0 bridgehead atoms. The van der Waals surface area contributed by atoms with E-state index in [2.05, 4.69) is 11.8 Å². The first-order chi connectivity index (χ1) is 9.22. The van der Waals surface area contributed by atoms with E-state index >= 15 is 0 Å². The number of amides is 1. The fraction of sp³-hybridized carbons (Fsp3) is 0.929. The Labute approximate surface area is 115 Å². The minimum absolute atomic E-state index is 0.158. The summed E-state index contributed by atoms with van der Waals surface area (Å²) in [5.41, 5.74) is 0. The first-order valence-corrected chi connectivity index (χ1v) is 7.49. The van der Waals surface area contributed by atoms with Crippen molar-refractivity contribution in [1.82, 2.24) is 9.80 Å². The van der Waals surface area contributed by atoms with E-state index < -0.39 is 0 Å². The molecule has 0 saturated carbocycles. The van der Waals surface area contributed by atoms with Gasteiger partial charge in [-0.1, -0.05) is 6.92 Å². The predicted octanol–water partition coefficient (Wildman–Crippen LogP) is 0.471. The lowest BCUT2D eigenvalue weighted by Crippen LogP contribution is -2.44. The number of hydrogen-bond donors (Lipinski definition) is 1. The van der Waals surface area contributed by atoms with Crippen LogP contribution in [0.3, 0.4) is 0 Å². The lowest BCUT2D eigenvalue weighted by atomic mass is 10.0. The highest BCUT2D eigenvalue weighted by Crippen LogP contribution is 2.20. The van der Waals surface area contributed by atoms with Crippen molar-refractivity contribution in [1.29, 1.82) is 0 Å². The van der Waals surface area contributed by atoms with Crippen LogP contribution in [-0.4, -0.2) is 72.4 Å². The molecule has 2 fully saturated rings. The number of aliphatic hydroxyl groups excluding tert-OH is 1. The van der Waals surface area contributed by atoms with Crippen molar-refractivity contribution < 1.29 is 14.6 Å². The number of nitrogens with zero attached hydrogens (tertiary/aromatic N) is 2. The van der Waals surface area contributed by atoms with Crippen LogP contribution < -0.4 is 0 Å². The van der Waals surface area contributed by atoms with E-state index in [0.717, 1.165) is 58.4 Å². The Hall–Kier alpha value is -0.650. The molecule has 19 heavy (non-hydrogen) atoms. The standard InChI is InChI=1S/C14H26N2O3/c1-2-15-7-3-12(4-8-15)19-13-5-9-16(10-6-13)14(18)11-17/h12-13,17H,2-11H2,1H3. The van der Waals surface area contributed by atoms with Gasteiger partial charge in [0, 0.05) is 26.2 Å². The highest BCUT2D eigenvalue weighted by atomic mass is 16.5. The van der Waals surface area contributed by atoms with E-state index in [0.29, 0.717) is 12.2 Å². The summed E-state index contributed by atoms with van der Waals surface area (Å²) in [7, 11) is 0. The maximum Gasteiger partial charge on any atom is 0.248 e. The van der Waals surface area contributed by atoms with Crippen molar-refractivity contribution in [3.63, 3.8) is 0 Å². The van der Waals surface area contributed by atoms with E-state index in [9.17, 15) is 4.79 Å². The van der Waals surface area contributed by atoms with Gasteiger partial charge in [0.1, 0.15) is 6.61 Å². The Morgan fingerprint density at radius 3 is 2.11 bits per heavy atom. The Kier molecular flexibility index (Phi) is 5.60. The fourth-order valence-corrected chi connectivity index (χ4v) is 2.98. The van der Waals surface area contributed by atoms with Crippen LogP contribution in [0.15, 0.2) is 0 Å². The van der Waals surface area contributed by atoms with Gasteiger partial charge >= 0.3 is 0 Å². The summed E-state index contributed by atoms with van der Waals surface area (Å²) in [4.78, 5) is 15.6. The monoisotopic (exact) mass is 270 g/mol. The molecule has 5 heteroatoms. The molecule has 0 aliphatic carbocycles. The van der Waals surface area contributed by atoms with Gasteiger partial charge in [0.15, 0.2) is 0 Å². The second-order valence-corrected chi connectivity index (χ2v) is 5.51. The molecule has 0 aromatic heterocycles. The Balaban J connectivity index is 1.67. The maximum absolute atomic E-state index is 11.4. The molecule has 0 atom stereocenters. The zero-order valence-corrected chi connectivity index (χ0v) is 11.9. The number of hydrogen-bond acceptors (Lipinski definition) is 4. The minimum Gasteiger partial charge on any atom is -0.387 e. The maximum atomic E-state index is 11.4. The van der Waals surface area contributed by atoms with Crippen molar-refractivity contribution in [3.05, 3.63) is 0 Å². The summed E-state index contributed by atoms with van der Waals surface area (Å²) in [6.07, 6.45) is 4.75. The number of piperidine rings is 2. The highest BCUT2D eigenvalue weighted by Gasteiger charge is 2.26. The summed E-state index contributed by atoms with van der Waals surface area (Å²) in [5.74, 6) is -0.158. The zero-order chi connectivity index (χ0) is 13.7. The highest BCUT2D eigenvalue weighted by molar-refractivity contribution is 5.77. The van der Waals surface area contributed by atoms with Gasteiger partial charge in [0.25, 0.3) is 0 Å². The molecular weight excluding hydrogens is 244 g/mol. The quantitative estimate of drug-likeness (QED) is 0.807. The molecule has 1 amide bonds. The smallest absolute Gasteiger partial charge is 0.248 e. The molecular formula is C14H26N2O3. The van der Waals surface area contributed by atoms with Gasteiger partial charge in [0.2, 0.25) is 5.91 Å². The average molecular weight is 270 g/mol. The largest absolute Gasteiger partial charge is 0.387 e. The van der Waals surface area contributed by atoms with Crippen molar-refractivity contribution in [2.24, 2.45) is 0 Å². The number of carbonyl (C=O) groups excluding carboxylic acids is 1. The third-order valence-corrected chi connectivity index (χ3v) is 4.30. The molecule has 2 aliphatic rings. The molecule has 0 aromatic carbocycles. The third kappa shape index (κ3) is 4.16. The molecule has 5 nitrogen and oxygen atoms in total. The van der Waals surface area contributed by atoms with Gasteiger partial charge in [-0.2, -0.15) is 0 Å². The molecule has 0 unspecified atom stereocenters.